The molecule has 2 N–H and O–H groups in total. The molecule has 2 unspecified atom stereocenters. The molecule has 0 saturated carbocycles. The van der Waals surface area contributed by atoms with Gasteiger partial charge in [-0.2, -0.15) is 4.31 Å². The molecule has 0 bridgehead atoms. The van der Waals surface area contributed by atoms with Crippen molar-refractivity contribution in [2.75, 3.05) is 38.5 Å². The number of sulfonamides is 1. The van der Waals surface area contributed by atoms with Crippen LogP contribution in [0.1, 0.15) is 11.7 Å². The number of hydrogen-bond donors (Lipinski definition) is 2. The lowest BCUT2D eigenvalue weighted by Gasteiger charge is -2.41. The summed E-state index contributed by atoms with van der Waals surface area (Å²) in [5.41, 5.74) is 1.14. The molecule has 5 rings (SSSR count). The van der Waals surface area contributed by atoms with Crippen LogP contribution in [0.5, 0.6) is 11.5 Å². The largest absolute Gasteiger partial charge is 0.457 e. The fourth-order valence-corrected chi connectivity index (χ4v) is 6.57. The normalized spacial score (nSPS) is 16.1. The number of carbonyl (C=O) groups is 2. The summed E-state index contributed by atoms with van der Waals surface area (Å²) in [7, 11) is -2.54. The number of piperazine rings is 1. The quantitative estimate of drug-likeness (QED) is 0.285. The summed E-state index contributed by atoms with van der Waals surface area (Å²) >= 11 is 0. The van der Waals surface area contributed by atoms with Crippen LogP contribution in [0.4, 0.5) is 10.5 Å². The Balaban J connectivity index is 1.31. The lowest BCUT2D eigenvalue weighted by molar-refractivity contribution is -0.136. The van der Waals surface area contributed by atoms with Crippen LogP contribution in [0, 0.1) is 0 Å². The summed E-state index contributed by atoms with van der Waals surface area (Å²) in [6, 6.07) is 31.3. The van der Waals surface area contributed by atoms with Crippen LogP contribution < -0.4 is 10.1 Å². The molecule has 10 nitrogen and oxygen atoms in total. The molecule has 0 aliphatic carbocycles. The maximum absolute atomic E-state index is 13.8. The third kappa shape index (κ3) is 7.25. The van der Waals surface area contributed by atoms with Gasteiger partial charge in [-0.05, 0) is 54.1 Å². The van der Waals surface area contributed by atoms with Crippen LogP contribution in [0.25, 0.3) is 0 Å². The van der Waals surface area contributed by atoms with E-state index < -0.39 is 34.1 Å². The van der Waals surface area contributed by atoms with E-state index >= 15 is 0 Å². The van der Waals surface area contributed by atoms with E-state index in [1.807, 2.05) is 36.4 Å². The number of aliphatic hydroxyl groups is 1. The number of hydrogen-bond acceptors (Lipinski definition) is 6. The second-order valence-electron chi connectivity index (χ2n) is 10.4. The van der Waals surface area contributed by atoms with Gasteiger partial charge in [0.05, 0.1) is 17.5 Å². The Kier molecular flexibility index (Phi) is 9.59. The van der Waals surface area contributed by atoms with Crippen LogP contribution >= 0.6 is 0 Å². The van der Waals surface area contributed by atoms with Crippen LogP contribution in [0.2, 0.25) is 0 Å². The zero-order valence-corrected chi connectivity index (χ0v) is 25.0. The number of likely N-dealkylation sites (N-methyl/N-ethyl adjacent to an activating group) is 1. The molecular weight excluding hydrogens is 580 g/mol. The SMILES string of the molecule is CN(CC(O)c1ccccc1)C(=O)C1CN(C(=O)Nc2ccc(Oc3ccccc3)cc2)CCN1S(=O)(=O)c1ccccc1. The van der Waals surface area contributed by atoms with Gasteiger partial charge in [0.25, 0.3) is 0 Å². The Morgan fingerprint density at radius 1 is 0.864 bits per heavy atom. The van der Waals surface area contributed by atoms with Crippen molar-refractivity contribution >= 4 is 27.6 Å². The molecule has 0 radical (unpaired) electrons. The van der Waals surface area contributed by atoms with Gasteiger partial charge in [0.1, 0.15) is 17.5 Å². The average Bonchev–Trinajstić information content (AvgIpc) is 3.06. The third-order valence-corrected chi connectivity index (χ3v) is 9.27. The fourth-order valence-electron chi connectivity index (χ4n) is 4.99. The number of para-hydroxylation sites is 1. The minimum absolute atomic E-state index is 0.0534. The highest BCUT2D eigenvalue weighted by Crippen LogP contribution is 2.26. The Morgan fingerprint density at radius 3 is 2.07 bits per heavy atom. The molecule has 1 heterocycles. The van der Waals surface area contributed by atoms with Gasteiger partial charge in [-0.25, -0.2) is 13.2 Å². The highest BCUT2D eigenvalue weighted by molar-refractivity contribution is 7.89. The van der Waals surface area contributed by atoms with Crippen molar-refractivity contribution in [2.24, 2.45) is 0 Å². The standard InChI is InChI=1S/C33H34N4O6S/c1-35(24-31(38)25-11-5-2-6-12-25)32(39)30-23-36(21-22-37(30)44(41,42)29-15-9-4-10-16-29)33(40)34-26-17-19-28(20-18-26)43-27-13-7-3-8-14-27/h2-20,30-31,38H,21-24H2,1H3,(H,34,40). The molecule has 4 aromatic carbocycles. The van der Waals surface area contributed by atoms with Gasteiger partial charge >= 0.3 is 6.03 Å². The number of nitrogens with one attached hydrogen (secondary N) is 1. The van der Waals surface area contributed by atoms with Crippen molar-refractivity contribution in [3.8, 4) is 11.5 Å². The molecule has 1 aliphatic heterocycles. The first-order valence-corrected chi connectivity index (χ1v) is 15.6. The van der Waals surface area contributed by atoms with Crippen molar-refractivity contribution in [1.82, 2.24) is 14.1 Å². The van der Waals surface area contributed by atoms with Crippen LogP contribution in [0.3, 0.4) is 0 Å². The number of amides is 3. The second kappa shape index (κ2) is 13.7. The number of benzene rings is 4. The topological polar surface area (TPSA) is 119 Å². The maximum Gasteiger partial charge on any atom is 0.321 e. The summed E-state index contributed by atoms with van der Waals surface area (Å²) in [4.78, 5) is 29.9. The number of anilines is 1. The number of carbonyl (C=O) groups excluding carboxylic acids is 2. The summed E-state index contributed by atoms with van der Waals surface area (Å²) < 4.78 is 34.3. The summed E-state index contributed by atoms with van der Waals surface area (Å²) in [6.45, 7) is -0.229. The number of ether oxygens (including phenoxy) is 1. The summed E-state index contributed by atoms with van der Waals surface area (Å²) in [5, 5.41) is 13.6. The van der Waals surface area contributed by atoms with Crippen molar-refractivity contribution in [1.29, 1.82) is 0 Å². The van der Waals surface area contributed by atoms with E-state index in [0.717, 1.165) is 4.31 Å². The molecule has 1 saturated heterocycles. The lowest BCUT2D eigenvalue weighted by atomic mass is 10.1. The average molecular weight is 615 g/mol. The van der Waals surface area contributed by atoms with E-state index in [1.165, 1.54) is 29.0 Å². The minimum atomic E-state index is -4.06. The molecule has 0 aromatic heterocycles. The van der Waals surface area contributed by atoms with Crippen molar-refractivity contribution in [3.63, 3.8) is 0 Å². The fraction of sp³-hybridized carbons (Fsp3) is 0.212. The highest BCUT2D eigenvalue weighted by atomic mass is 32.2. The van der Waals surface area contributed by atoms with E-state index in [1.54, 1.807) is 66.7 Å². The van der Waals surface area contributed by atoms with Crippen molar-refractivity contribution in [3.05, 3.63) is 121 Å². The Morgan fingerprint density at radius 2 is 1.43 bits per heavy atom. The first kappa shape index (κ1) is 30.7. The minimum Gasteiger partial charge on any atom is -0.457 e. The monoisotopic (exact) mass is 614 g/mol. The third-order valence-electron chi connectivity index (χ3n) is 7.35. The van der Waals surface area contributed by atoms with E-state index in [2.05, 4.69) is 5.32 Å². The van der Waals surface area contributed by atoms with Gasteiger partial charge in [0.2, 0.25) is 15.9 Å². The number of urea groups is 1. The molecule has 228 valence electrons. The predicted octanol–water partition coefficient (Wildman–Crippen LogP) is 4.58. The van der Waals surface area contributed by atoms with Gasteiger partial charge in [0.15, 0.2) is 0 Å². The van der Waals surface area contributed by atoms with Gasteiger partial charge < -0.3 is 25.0 Å². The molecule has 2 atom stereocenters. The molecule has 4 aromatic rings. The second-order valence-corrected chi connectivity index (χ2v) is 12.3. The molecule has 3 amide bonds. The molecule has 11 heteroatoms. The number of nitrogens with zero attached hydrogens (tertiary/aromatic N) is 3. The van der Waals surface area contributed by atoms with Gasteiger partial charge in [-0.1, -0.05) is 66.7 Å². The van der Waals surface area contributed by atoms with Gasteiger partial charge in [-0.3, -0.25) is 4.79 Å². The van der Waals surface area contributed by atoms with Crippen LogP contribution in [-0.4, -0.2) is 78.8 Å². The molecule has 1 aliphatic rings. The van der Waals surface area contributed by atoms with E-state index in [-0.39, 0.29) is 31.1 Å². The van der Waals surface area contributed by atoms with E-state index in [4.69, 9.17) is 4.74 Å². The lowest BCUT2D eigenvalue weighted by Crippen LogP contribution is -2.62. The van der Waals surface area contributed by atoms with Crippen LogP contribution in [-0.2, 0) is 14.8 Å². The Bertz CT molecular complexity index is 1660. The first-order valence-electron chi connectivity index (χ1n) is 14.2. The molecule has 1 fully saturated rings. The van der Waals surface area contributed by atoms with E-state index in [0.29, 0.717) is 22.7 Å². The van der Waals surface area contributed by atoms with Gasteiger partial charge in [-0.15, -0.1) is 0 Å². The van der Waals surface area contributed by atoms with Crippen molar-refractivity contribution < 1.29 is 27.9 Å². The molecular formula is C33H34N4O6S. The Labute approximate surface area is 257 Å². The molecule has 0 spiro atoms. The maximum atomic E-state index is 13.8. The predicted molar refractivity (Wildman–Crippen MR) is 167 cm³/mol. The zero-order valence-electron chi connectivity index (χ0n) is 24.2. The molecule has 44 heavy (non-hydrogen) atoms. The summed E-state index contributed by atoms with van der Waals surface area (Å²) in [5.74, 6) is 0.754. The smallest absolute Gasteiger partial charge is 0.321 e. The highest BCUT2D eigenvalue weighted by Gasteiger charge is 2.42. The van der Waals surface area contributed by atoms with E-state index in [9.17, 15) is 23.1 Å². The van der Waals surface area contributed by atoms with Crippen LogP contribution in [0.15, 0.2) is 120 Å². The zero-order chi connectivity index (χ0) is 31.1. The number of aliphatic hydroxyl groups excluding tert-OH is 1. The summed E-state index contributed by atoms with van der Waals surface area (Å²) in [6.07, 6.45) is -0.971. The van der Waals surface area contributed by atoms with Crippen molar-refractivity contribution in [2.45, 2.75) is 17.0 Å². The Hall–Kier alpha value is -4.71. The number of rotatable bonds is 9. The first-order chi connectivity index (χ1) is 21.2. The van der Waals surface area contributed by atoms with Gasteiger partial charge in [0, 0.05) is 32.4 Å².